The van der Waals surface area contributed by atoms with Crippen LogP contribution in [0.3, 0.4) is 0 Å². The van der Waals surface area contributed by atoms with Crippen molar-refractivity contribution >= 4 is 44.4 Å². The molecular weight excluding hydrogens is 362 g/mol. The molecular formula is C16H10BrN3O3. The Kier molecular flexibility index (Phi) is 4.03. The Morgan fingerprint density at radius 2 is 1.96 bits per heavy atom. The molecule has 0 bridgehead atoms. The molecule has 114 valence electrons. The minimum absolute atomic E-state index is 0.0490. The Hall–Kier alpha value is -2.80. The summed E-state index contributed by atoms with van der Waals surface area (Å²) in [4.78, 5) is 19.0. The van der Waals surface area contributed by atoms with Gasteiger partial charge in [0.15, 0.2) is 5.82 Å². The molecule has 0 unspecified atom stereocenters. The van der Waals surface area contributed by atoms with Gasteiger partial charge in [0.2, 0.25) is 0 Å². The van der Waals surface area contributed by atoms with E-state index in [1.54, 1.807) is 42.6 Å². The van der Waals surface area contributed by atoms with E-state index in [0.29, 0.717) is 16.6 Å². The first-order valence-corrected chi connectivity index (χ1v) is 7.40. The second-order valence-corrected chi connectivity index (χ2v) is 5.64. The highest BCUT2D eigenvalue weighted by Gasteiger charge is 2.17. The summed E-state index contributed by atoms with van der Waals surface area (Å²) in [6.07, 6.45) is 2.96. The first-order chi connectivity index (χ1) is 11.1. The molecule has 1 heterocycles. The van der Waals surface area contributed by atoms with Gasteiger partial charge in [0.05, 0.1) is 10.3 Å². The number of phenols is 1. The molecule has 0 atom stereocenters. The van der Waals surface area contributed by atoms with Crippen LogP contribution in [0.5, 0.6) is 5.75 Å². The molecule has 0 fully saturated rings. The van der Waals surface area contributed by atoms with Crippen molar-refractivity contribution in [3.63, 3.8) is 0 Å². The summed E-state index contributed by atoms with van der Waals surface area (Å²) in [5.41, 5.74) is 0.184. The maximum Gasteiger partial charge on any atom is 0.278 e. The van der Waals surface area contributed by atoms with E-state index in [1.807, 2.05) is 0 Å². The molecule has 1 N–H and O–H groups in total. The van der Waals surface area contributed by atoms with Crippen LogP contribution in [0.25, 0.3) is 10.8 Å². The summed E-state index contributed by atoms with van der Waals surface area (Å²) in [7, 11) is 0. The van der Waals surface area contributed by atoms with Crippen LogP contribution in [-0.2, 0) is 0 Å². The summed E-state index contributed by atoms with van der Waals surface area (Å²) in [6, 6.07) is 11.4. The van der Waals surface area contributed by atoms with Crippen molar-refractivity contribution in [2.75, 3.05) is 0 Å². The fourth-order valence-electron chi connectivity index (χ4n) is 2.19. The molecule has 0 aliphatic heterocycles. The van der Waals surface area contributed by atoms with Gasteiger partial charge in [0.1, 0.15) is 5.75 Å². The third kappa shape index (κ3) is 3.04. The second kappa shape index (κ2) is 6.13. The number of nitrogens with zero attached hydrogens (tertiary/aromatic N) is 3. The van der Waals surface area contributed by atoms with Crippen LogP contribution < -0.4 is 0 Å². The fourth-order valence-corrected chi connectivity index (χ4v) is 2.43. The smallest absolute Gasteiger partial charge is 0.278 e. The van der Waals surface area contributed by atoms with E-state index in [0.717, 1.165) is 4.47 Å². The zero-order chi connectivity index (χ0) is 16.4. The monoisotopic (exact) mass is 371 g/mol. The van der Waals surface area contributed by atoms with E-state index in [1.165, 1.54) is 12.3 Å². The number of hydrogen-bond acceptors (Lipinski definition) is 5. The summed E-state index contributed by atoms with van der Waals surface area (Å²) in [5, 5.41) is 22.4. The zero-order valence-electron chi connectivity index (χ0n) is 11.7. The average molecular weight is 372 g/mol. The molecule has 0 amide bonds. The highest BCUT2D eigenvalue weighted by Crippen LogP contribution is 2.35. The number of pyridine rings is 1. The van der Waals surface area contributed by atoms with Gasteiger partial charge in [-0.25, -0.2) is 9.98 Å². The van der Waals surface area contributed by atoms with Gasteiger partial charge in [-0.1, -0.05) is 18.2 Å². The molecule has 0 saturated carbocycles. The summed E-state index contributed by atoms with van der Waals surface area (Å²) in [6.45, 7) is 0. The molecule has 23 heavy (non-hydrogen) atoms. The van der Waals surface area contributed by atoms with Gasteiger partial charge >= 0.3 is 0 Å². The number of aromatic nitrogens is 1. The number of rotatable bonds is 3. The van der Waals surface area contributed by atoms with Gasteiger partial charge < -0.3 is 5.11 Å². The molecule has 7 heteroatoms. The maximum absolute atomic E-state index is 11.3. The Balaban J connectivity index is 2.12. The second-order valence-electron chi connectivity index (χ2n) is 4.73. The first kappa shape index (κ1) is 15.1. The van der Waals surface area contributed by atoms with Gasteiger partial charge in [-0.2, -0.15) is 0 Å². The Bertz CT molecular complexity index is 924. The first-order valence-electron chi connectivity index (χ1n) is 6.61. The van der Waals surface area contributed by atoms with Gasteiger partial charge in [0, 0.05) is 33.9 Å². The van der Waals surface area contributed by atoms with Crippen LogP contribution in [0.1, 0.15) is 5.56 Å². The van der Waals surface area contributed by atoms with Crippen molar-refractivity contribution in [2.24, 2.45) is 4.99 Å². The topological polar surface area (TPSA) is 88.6 Å². The van der Waals surface area contributed by atoms with Crippen LogP contribution in [0.2, 0.25) is 0 Å². The van der Waals surface area contributed by atoms with Crippen LogP contribution in [0.15, 0.2) is 58.1 Å². The summed E-state index contributed by atoms with van der Waals surface area (Å²) in [5.74, 6) is 0.385. The Morgan fingerprint density at radius 1 is 1.22 bits per heavy atom. The molecule has 3 rings (SSSR count). The third-order valence-electron chi connectivity index (χ3n) is 3.27. The standard InChI is InChI=1S/C16H10BrN3O3/c17-11-5-6-15(19-9-11)18-8-10-7-14(20(22)23)12-3-1-2-4-13(12)16(10)21/h1-9,21H. The van der Waals surface area contributed by atoms with Crippen LogP contribution >= 0.6 is 15.9 Å². The van der Waals surface area contributed by atoms with Crippen molar-refractivity contribution in [1.29, 1.82) is 0 Å². The number of nitro groups is 1. The van der Waals surface area contributed by atoms with Gasteiger partial charge in [-0.05, 0) is 34.1 Å². The van der Waals surface area contributed by atoms with Crippen LogP contribution in [-0.4, -0.2) is 21.2 Å². The molecule has 0 radical (unpaired) electrons. The minimum atomic E-state index is -0.475. The van der Waals surface area contributed by atoms with E-state index < -0.39 is 4.92 Å². The lowest BCUT2D eigenvalue weighted by Gasteiger charge is -2.05. The Labute approximate surface area is 139 Å². The lowest BCUT2D eigenvalue weighted by molar-refractivity contribution is -0.383. The summed E-state index contributed by atoms with van der Waals surface area (Å²) < 4.78 is 0.820. The van der Waals surface area contributed by atoms with Crippen molar-refractivity contribution in [2.45, 2.75) is 0 Å². The Morgan fingerprint density at radius 3 is 2.61 bits per heavy atom. The number of fused-ring (bicyclic) bond motifs is 1. The predicted molar refractivity (Wildman–Crippen MR) is 91.5 cm³/mol. The van der Waals surface area contributed by atoms with Crippen molar-refractivity contribution in [1.82, 2.24) is 4.98 Å². The highest BCUT2D eigenvalue weighted by atomic mass is 79.9. The van der Waals surface area contributed by atoms with E-state index >= 15 is 0 Å². The lowest BCUT2D eigenvalue weighted by Crippen LogP contribution is -1.93. The fraction of sp³-hybridized carbons (Fsp3) is 0. The molecule has 6 nitrogen and oxygen atoms in total. The van der Waals surface area contributed by atoms with Crippen molar-refractivity contribution < 1.29 is 10.0 Å². The summed E-state index contributed by atoms with van der Waals surface area (Å²) >= 11 is 3.28. The number of phenolic OH excluding ortho intramolecular Hbond substituents is 1. The third-order valence-corrected chi connectivity index (χ3v) is 3.74. The molecule has 0 saturated heterocycles. The maximum atomic E-state index is 11.3. The van der Waals surface area contributed by atoms with E-state index in [2.05, 4.69) is 25.9 Å². The number of hydrogen-bond donors (Lipinski definition) is 1. The molecule has 1 aromatic heterocycles. The quantitative estimate of drug-likeness (QED) is 0.420. The lowest BCUT2D eigenvalue weighted by atomic mass is 10.0. The van der Waals surface area contributed by atoms with Gasteiger partial charge in [0.25, 0.3) is 5.69 Å². The van der Waals surface area contributed by atoms with Crippen LogP contribution in [0, 0.1) is 10.1 Å². The SMILES string of the molecule is O=[N+]([O-])c1cc(C=Nc2ccc(Br)cn2)c(O)c2ccccc12. The molecule has 2 aromatic carbocycles. The number of non-ortho nitro benzene ring substituents is 1. The van der Waals surface area contributed by atoms with Crippen LogP contribution in [0.4, 0.5) is 11.5 Å². The normalized spacial score (nSPS) is 11.2. The molecule has 0 aliphatic carbocycles. The zero-order valence-corrected chi connectivity index (χ0v) is 13.3. The van der Waals surface area contributed by atoms with Gasteiger partial charge in [-0.15, -0.1) is 0 Å². The predicted octanol–water partition coefficient (Wildman–Crippen LogP) is 4.36. The van der Waals surface area contributed by atoms with Crippen molar-refractivity contribution in [3.05, 3.63) is 68.8 Å². The van der Waals surface area contributed by atoms with E-state index in [-0.39, 0.29) is 17.0 Å². The van der Waals surface area contributed by atoms with E-state index in [9.17, 15) is 15.2 Å². The number of nitro benzene ring substituents is 1. The van der Waals surface area contributed by atoms with Crippen molar-refractivity contribution in [3.8, 4) is 5.75 Å². The highest BCUT2D eigenvalue weighted by molar-refractivity contribution is 9.10. The number of halogens is 1. The number of aliphatic imine (C=N–C) groups is 1. The number of benzene rings is 2. The average Bonchev–Trinajstić information content (AvgIpc) is 2.55. The van der Waals surface area contributed by atoms with E-state index in [4.69, 9.17) is 0 Å². The molecule has 3 aromatic rings. The number of aromatic hydroxyl groups is 1. The minimum Gasteiger partial charge on any atom is -0.507 e. The molecule has 0 spiro atoms. The molecule has 0 aliphatic rings. The van der Waals surface area contributed by atoms with Gasteiger partial charge in [-0.3, -0.25) is 10.1 Å². The largest absolute Gasteiger partial charge is 0.507 e.